The van der Waals surface area contributed by atoms with E-state index in [1.807, 2.05) is 38.1 Å². The third kappa shape index (κ3) is 4.42. The van der Waals surface area contributed by atoms with Crippen molar-refractivity contribution in [2.24, 2.45) is 5.92 Å². The van der Waals surface area contributed by atoms with Gasteiger partial charge in [0.05, 0.1) is 11.6 Å². The Morgan fingerprint density at radius 1 is 1.30 bits per heavy atom. The van der Waals surface area contributed by atoms with Crippen LogP contribution in [0, 0.1) is 12.8 Å². The number of aliphatic carboxylic acids is 1. The minimum atomic E-state index is -0.892. The number of benzene rings is 1. The molecule has 2 rings (SSSR count). The number of hydrogen-bond donors (Lipinski definition) is 3. The normalized spacial score (nSPS) is 11.9. The summed E-state index contributed by atoms with van der Waals surface area (Å²) in [5.74, 6) is -1.81. The molecule has 0 fully saturated rings. The number of aryl methyl sites for hydroxylation is 1. The molecule has 3 N–H and O–H groups in total. The summed E-state index contributed by atoms with van der Waals surface area (Å²) in [7, 11) is 0. The smallest absolute Gasteiger partial charge is 0.308 e. The van der Waals surface area contributed by atoms with E-state index >= 15 is 0 Å². The molecule has 1 aromatic heterocycles. The highest BCUT2D eigenvalue weighted by molar-refractivity contribution is 5.93. The summed E-state index contributed by atoms with van der Waals surface area (Å²) in [4.78, 5) is 23.2. The van der Waals surface area contributed by atoms with Crippen molar-refractivity contribution in [2.75, 3.05) is 6.54 Å². The topological polar surface area (TPSA) is 95.1 Å². The number of rotatable bonds is 7. The number of aromatic nitrogens is 2. The van der Waals surface area contributed by atoms with Crippen LogP contribution in [0.1, 0.15) is 35.8 Å². The zero-order valence-corrected chi connectivity index (χ0v) is 13.3. The Hall–Kier alpha value is -2.63. The highest BCUT2D eigenvalue weighted by Gasteiger charge is 2.18. The Morgan fingerprint density at radius 2 is 2.00 bits per heavy atom. The maximum atomic E-state index is 12.1. The van der Waals surface area contributed by atoms with E-state index in [1.165, 1.54) is 0 Å². The van der Waals surface area contributed by atoms with Gasteiger partial charge in [0.1, 0.15) is 5.69 Å². The summed E-state index contributed by atoms with van der Waals surface area (Å²) in [6, 6.07) is 9.50. The van der Waals surface area contributed by atoms with Gasteiger partial charge in [0.2, 0.25) is 0 Å². The van der Waals surface area contributed by atoms with Gasteiger partial charge < -0.3 is 10.4 Å². The first kappa shape index (κ1) is 16.7. The number of hydrogen-bond acceptors (Lipinski definition) is 3. The fourth-order valence-corrected chi connectivity index (χ4v) is 2.28. The van der Waals surface area contributed by atoms with Crippen LogP contribution in [0.15, 0.2) is 30.3 Å². The zero-order chi connectivity index (χ0) is 16.8. The van der Waals surface area contributed by atoms with Gasteiger partial charge in [-0.05, 0) is 19.4 Å². The van der Waals surface area contributed by atoms with Gasteiger partial charge in [0.15, 0.2) is 0 Å². The number of nitrogens with one attached hydrogen (secondary N) is 2. The number of carbonyl (C=O) groups is 2. The van der Waals surface area contributed by atoms with Crippen LogP contribution in [0.3, 0.4) is 0 Å². The van der Waals surface area contributed by atoms with E-state index in [2.05, 4.69) is 15.5 Å². The van der Waals surface area contributed by atoms with E-state index in [0.717, 1.165) is 17.5 Å². The largest absolute Gasteiger partial charge is 0.481 e. The number of amides is 1. The Morgan fingerprint density at radius 3 is 2.61 bits per heavy atom. The summed E-state index contributed by atoms with van der Waals surface area (Å²) in [6.07, 6.45) is 1.29. The molecule has 0 radical (unpaired) electrons. The Labute approximate surface area is 134 Å². The predicted octanol–water partition coefficient (Wildman–Crippen LogP) is 2.62. The lowest BCUT2D eigenvalue weighted by atomic mass is 10.0. The van der Waals surface area contributed by atoms with Crippen molar-refractivity contribution in [1.82, 2.24) is 15.5 Å². The van der Waals surface area contributed by atoms with Gasteiger partial charge in [-0.15, -0.1) is 0 Å². The average Bonchev–Trinajstić information content (AvgIpc) is 3.01. The monoisotopic (exact) mass is 315 g/mol. The van der Waals surface area contributed by atoms with Gasteiger partial charge in [-0.25, -0.2) is 0 Å². The molecule has 0 bridgehead atoms. The van der Waals surface area contributed by atoms with Crippen LogP contribution in [0.4, 0.5) is 0 Å². The zero-order valence-electron chi connectivity index (χ0n) is 13.3. The molecule has 0 aliphatic carbocycles. The average molecular weight is 315 g/mol. The lowest BCUT2D eigenvalue weighted by Crippen LogP contribution is -2.33. The Bertz CT molecular complexity index is 677. The second kappa shape index (κ2) is 7.58. The molecule has 0 spiro atoms. The number of carboxylic acid groups (broad SMARTS) is 1. The van der Waals surface area contributed by atoms with E-state index in [0.29, 0.717) is 17.8 Å². The van der Waals surface area contributed by atoms with Crippen molar-refractivity contribution in [3.63, 3.8) is 0 Å². The van der Waals surface area contributed by atoms with Crippen LogP contribution in [0.25, 0.3) is 11.3 Å². The van der Waals surface area contributed by atoms with Crippen molar-refractivity contribution in [3.8, 4) is 11.3 Å². The maximum absolute atomic E-state index is 12.1. The van der Waals surface area contributed by atoms with E-state index < -0.39 is 11.9 Å². The lowest BCUT2D eigenvalue weighted by Gasteiger charge is -2.11. The Kier molecular flexibility index (Phi) is 5.51. The first-order valence-corrected chi connectivity index (χ1v) is 7.64. The molecule has 6 nitrogen and oxygen atoms in total. The summed E-state index contributed by atoms with van der Waals surface area (Å²) in [6.45, 7) is 4.03. The summed E-state index contributed by atoms with van der Waals surface area (Å²) < 4.78 is 0. The van der Waals surface area contributed by atoms with Gasteiger partial charge in [-0.2, -0.15) is 5.10 Å². The quantitative estimate of drug-likeness (QED) is 0.732. The first-order chi connectivity index (χ1) is 11.0. The molecule has 122 valence electrons. The van der Waals surface area contributed by atoms with Gasteiger partial charge >= 0.3 is 5.97 Å². The van der Waals surface area contributed by atoms with Crippen LogP contribution in [0.5, 0.6) is 0 Å². The van der Waals surface area contributed by atoms with Gasteiger partial charge in [0.25, 0.3) is 5.91 Å². The van der Waals surface area contributed by atoms with Crippen molar-refractivity contribution in [2.45, 2.75) is 26.7 Å². The molecule has 1 amide bonds. The van der Waals surface area contributed by atoms with Gasteiger partial charge in [0, 0.05) is 12.1 Å². The molecule has 1 heterocycles. The summed E-state index contributed by atoms with van der Waals surface area (Å²) in [5.41, 5.74) is 3.07. The number of carboxylic acids is 1. The second-order valence-corrected chi connectivity index (χ2v) is 5.57. The highest BCUT2D eigenvalue weighted by Crippen LogP contribution is 2.18. The minimum Gasteiger partial charge on any atom is -0.481 e. The minimum absolute atomic E-state index is 0.112. The van der Waals surface area contributed by atoms with Crippen LogP contribution in [-0.4, -0.2) is 33.7 Å². The Balaban J connectivity index is 2.01. The van der Waals surface area contributed by atoms with Crippen LogP contribution in [0.2, 0.25) is 0 Å². The van der Waals surface area contributed by atoms with Gasteiger partial charge in [-0.1, -0.05) is 43.2 Å². The maximum Gasteiger partial charge on any atom is 0.308 e. The molecular formula is C17H21N3O3. The molecule has 6 heteroatoms. The molecule has 0 aliphatic rings. The molecule has 0 saturated carbocycles. The van der Waals surface area contributed by atoms with E-state index in [1.54, 1.807) is 6.07 Å². The fraction of sp³-hybridized carbons (Fsp3) is 0.353. The molecule has 1 atom stereocenters. The van der Waals surface area contributed by atoms with Crippen molar-refractivity contribution in [1.29, 1.82) is 0 Å². The van der Waals surface area contributed by atoms with E-state index in [4.69, 9.17) is 5.11 Å². The van der Waals surface area contributed by atoms with Crippen LogP contribution in [-0.2, 0) is 4.79 Å². The predicted molar refractivity (Wildman–Crippen MR) is 87.1 cm³/mol. The molecule has 23 heavy (non-hydrogen) atoms. The third-order valence-corrected chi connectivity index (χ3v) is 3.67. The van der Waals surface area contributed by atoms with Crippen molar-refractivity contribution >= 4 is 11.9 Å². The molecule has 1 aromatic carbocycles. The first-order valence-electron chi connectivity index (χ1n) is 7.64. The number of carbonyl (C=O) groups excluding carboxylic acids is 1. The lowest BCUT2D eigenvalue weighted by molar-refractivity contribution is -0.141. The summed E-state index contributed by atoms with van der Waals surface area (Å²) in [5, 5.41) is 18.6. The number of aromatic amines is 1. The van der Waals surface area contributed by atoms with Crippen molar-refractivity contribution in [3.05, 3.63) is 41.6 Å². The molecule has 0 saturated heterocycles. The fourth-order valence-electron chi connectivity index (χ4n) is 2.28. The van der Waals surface area contributed by atoms with Gasteiger partial charge in [-0.3, -0.25) is 14.7 Å². The van der Waals surface area contributed by atoms with E-state index in [9.17, 15) is 9.59 Å². The highest BCUT2D eigenvalue weighted by atomic mass is 16.4. The standard InChI is InChI=1S/C17H21N3O3/c1-3-4-13(17(22)23)10-18-16(21)15-9-14(19-20-15)12-7-5-11(2)6-8-12/h5-9,13H,3-4,10H2,1-2H3,(H,18,21)(H,19,20)(H,22,23). The van der Waals surface area contributed by atoms with Crippen LogP contribution < -0.4 is 5.32 Å². The molecule has 0 aliphatic heterocycles. The third-order valence-electron chi connectivity index (χ3n) is 3.67. The van der Waals surface area contributed by atoms with E-state index in [-0.39, 0.29) is 12.5 Å². The summed E-state index contributed by atoms with van der Waals surface area (Å²) >= 11 is 0. The van der Waals surface area contributed by atoms with Crippen molar-refractivity contribution < 1.29 is 14.7 Å². The second-order valence-electron chi connectivity index (χ2n) is 5.57. The number of nitrogens with zero attached hydrogens (tertiary/aromatic N) is 1. The molecule has 1 unspecified atom stereocenters. The molecular weight excluding hydrogens is 294 g/mol. The SMILES string of the molecule is CCCC(CNC(=O)c1cc(-c2ccc(C)cc2)n[nH]1)C(=O)O. The molecule has 2 aromatic rings. The number of H-pyrrole nitrogens is 1. The van der Waals surface area contributed by atoms with Crippen LogP contribution >= 0.6 is 0 Å².